The molecule has 0 bridgehead atoms. The van der Waals surface area contributed by atoms with Crippen LogP contribution in [0.1, 0.15) is 60.5 Å². The Morgan fingerprint density at radius 2 is 1.64 bits per heavy atom. The molecule has 2 aliphatic rings. The summed E-state index contributed by atoms with van der Waals surface area (Å²) in [6.07, 6.45) is 6.68. The molecule has 1 saturated heterocycles. The van der Waals surface area contributed by atoms with E-state index >= 15 is 0 Å². The Bertz CT molecular complexity index is 1120. The lowest BCUT2D eigenvalue weighted by atomic mass is 10.0. The van der Waals surface area contributed by atoms with Gasteiger partial charge in [-0.15, -0.1) is 0 Å². The molecule has 2 aliphatic heterocycles. The van der Waals surface area contributed by atoms with Gasteiger partial charge in [-0.05, 0) is 36.1 Å². The molecule has 0 spiro atoms. The van der Waals surface area contributed by atoms with Crippen LogP contribution in [-0.4, -0.2) is 65.6 Å². The maximum atomic E-state index is 13.5. The molecule has 2 aromatic rings. The number of benzene rings is 1. The Labute approximate surface area is 213 Å². The molecule has 8 nitrogen and oxygen atoms in total. The van der Waals surface area contributed by atoms with Crippen molar-refractivity contribution in [3.8, 4) is 0 Å². The van der Waals surface area contributed by atoms with Crippen LogP contribution in [0.25, 0.3) is 0 Å². The van der Waals surface area contributed by atoms with Crippen molar-refractivity contribution in [2.75, 3.05) is 44.3 Å². The number of carbonyl (C=O) groups excluding carboxylic acids is 2. The molecular formula is C28H38N4O4. The van der Waals surface area contributed by atoms with E-state index in [1.807, 2.05) is 9.80 Å². The normalized spacial score (nSPS) is 18.2. The van der Waals surface area contributed by atoms with Gasteiger partial charge in [0, 0.05) is 71.2 Å². The SMILES string of the molecule is CC(=O)N1CCCCCCCN(C(=O)c2ccc(=O)n(C)c2)Cc2ccc(CN3CCOCC3)cc21. The van der Waals surface area contributed by atoms with Gasteiger partial charge in [0.05, 0.1) is 18.8 Å². The average Bonchev–Trinajstić information content (AvgIpc) is 2.86. The number of anilines is 1. The fraction of sp³-hybridized carbons (Fsp3) is 0.536. The summed E-state index contributed by atoms with van der Waals surface area (Å²) in [6, 6.07) is 9.37. The molecule has 0 saturated carbocycles. The van der Waals surface area contributed by atoms with Crippen molar-refractivity contribution < 1.29 is 14.3 Å². The van der Waals surface area contributed by atoms with Crippen molar-refractivity contribution in [3.63, 3.8) is 0 Å². The van der Waals surface area contributed by atoms with Gasteiger partial charge >= 0.3 is 0 Å². The second-order valence-corrected chi connectivity index (χ2v) is 9.88. The number of morpholine rings is 1. The summed E-state index contributed by atoms with van der Waals surface area (Å²) in [6.45, 7) is 7.44. The van der Waals surface area contributed by atoms with Crippen molar-refractivity contribution in [2.24, 2.45) is 7.05 Å². The number of hydrogen-bond donors (Lipinski definition) is 0. The van der Waals surface area contributed by atoms with Gasteiger partial charge in [-0.1, -0.05) is 31.4 Å². The van der Waals surface area contributed by atoms with Gasteiger partial charge < -0.3 is 19.1 Å². The first kappa shape index (κ1) is 26.1. The molecule has 0 atom stereocenters. The van der Waals surface area contributed by atoms with Crippen LogP contribution in [-0.2, 0) is 29.7 Å². The smallest absolute Gasteiger partial charge is 0.255 e. The van der Waals surface area contributed by atoms with Crippen LogP contribution in [0.5, 0.6) is 0 Å². The van der Waals surface area contributed by atoms with Gasteiger partial charge in [0.1, 0.15) is 0 Å². The van der Waals surface area contributed by atoms with Crippen LogP contribution in [0.4, 0.5) is 5.69 Å². The Morgan fingerprint density at radius 1 is 0.917 bits per heavy atom. The number of amides is 2. The molecule has 0 unspecified atom stereocenters. The zero-order valence-electron chi connectivity index (χ0n) is 21.6. The lowest BCUT2D eigenvalue weighted by Gasteiger charge is -2.30. The molecule has 4 rings (SSSR count). The van der Waals surface area contributed by atoms with Gasteiger partial charge in [-0.3, -0.25) is 19.3 Å². The highest BCUT2D eigenvalue weighted by Crippen LogP contribution is 2.27. The summed E-state index contributed by atoms with van der Waals surface area (Å²) in [5, 5.41) is 0. The Hall–Kier alpha value is -2.97. The van der Waals surface area contributed by atoms with Crippen molar-refractivity contribution >= 4 is 17.5 Å². The van der Waals surface area contributed by atoms with Gasteiger partial charge in [-0.2, -0.15) is 0 Å². The highest BCUT2D eigenvalue weighted by molar-refractivity contribution is 5.95. The maximum absolute atomic E-state index is 13.5. The highest BCUT2D eigenvalue weighted by Gasteiger charge is 2.23. The lowest BCUT2D eigenvalue weighted by molar-refractivity contribution is -0.116. The van der Waals surface area contributed by atoms with E-state index in [0.717, 1.165) is 81.8 Å². The quantitative estimate of drug-likeness (QED) is 0.655. The standard InChI is InChI=1S/C28H38N4O4/c1-22(33)32-13-7-5-3-4-6-12-31(28(35)25-10-11-27(34)29(2)20-25)21-24-9-8-23(18-26(24)32)19-30-14-16-36-17-15-30/h8-11,18,20H,3-7,12-17,19,21H2,1-2H3. The third-order valence-corrected chi connectivity index (χ3v) is 7.12. The molecule has 0 N–H and O–H groups in total. The molecule has 36 heavy (non-hydrogen) atoms. The van der Waals surface area contributed by atoms with Gasteiger partial charge in [0.2, 0.25) is 11.5 Å². The van der Waals surface area contributed by atoms with Gasteiger partial charge in [0.25, 0.3) is 5.91 Å². The minimum atomic E-state index is -0.143. The predicted molar refractivity (Wildman–Crippen MR) is 140 cm³/mol. The first-order valence-electron chi connectivity index (χ1n) is 13.1. The van der Waals surface area contributed by atoms with Crippen molar-refractivity contribution in [2.45, 2.75) is 52.1 Å². The van der Waals surface area contributed by atoms with E-state index in [0.29, 0.717) is 25.2 Å². The maximum Gasteiger partial charge on any atom is 0.255 e. The molecule has 2 amide bonds. The summed E-state index contributed by atoms with van der Waals surface area (Å²) in [7, 11) is 1.66. The molecule has 3 heterocycles. The predicted octanol–water partition coefficient (Wildman–Crippen LogP) is 3.18. The van der Waals surface area contributed by atoms with E-state index in [-0.39, 0.29) is 17.4 Å². The fourth-order valence-corrected chi connectivity index (χ4v) is 5.02. The van der Waals surface area contributed by atoms with E-state index in [9.17, 15) is 14.4 Å². The Balaban J connectivity index is 1.67. The van der Waals surface area contributed by atoms with E-state index in [2.05, 4.69) is 23.1 Å². The number of hydrogen-bond acceptors (Lipinski definition) is 5. The van der Waals surface area contributed by atoms with Crippen molar-refractivity contribution in [1.29, 1.82) is 0 Å². The molecular weight excluding hydrogens is 456 g/mol. The van der Waals surface area contributed by atoms with Crippen LogP contribution >= 0.6 is 0 Å². The number of aromatic nitrogens is 1. The lowest BCUT2D eigenvalue weighted by Crippen LogP contribution is -2.36. The largest absolute Gasteiger partial charge is 0.379 e. The summed E-state index contributed by atoms with van der Waals surface area (Å²) in [5.74, 6) is -0.0758. The van der Waals surface area contributed by atoms with E-state index < -0.39 is 0 Å². The minimum Gasteiger partial charge on any atom is -0.379 e. The first-order valence-corrected chi connectivity index (χ1v) is 13.1. The van der Waals surface area contributed by atoms with E-state index in [1.165, 1.54) is 10.6 Å². The first-order chi connectivity index (χ1) is 17.4. The zero-order valence-corrected chi connectivity index (χ0v) is 21.6. The number of pyridine rings is 1. The summed E-state index contributed by atoms with van der Waals surface area (Å²) in [5.41, 5.74) is 3.38. The van der Waals surface area contributed by atoms with Crippen molar-refractivity contribution in [3.05, 3.63) is 63.6 Å². The topological polar surface area (TPSA) is 75.1 Å². The second-order valence-electron chi connectivity index (χ2n) is 9.88. The number of rotatable bonds is 3. The molecule has 0 radical (unpaired) electrons. The van der Waals surface area contributed by atoms with Crippen LogP contribution in [0.3, 0.4) is 0 Å². The number of carbonyl (C=O) groups is 2. The molecule has 1 aromatic carbocycles. The number of ether oxygens (including phenoxy) is 1. The van der Waals surface area contributed by atoms with Gasteiger partial charge in [-0.25, -0.2) is 0 Å². The van der Waals surface area contributed by atoms with Gasteiger partial charge in [0.15, 0.2) is 0 Å². The van der Waals surface area contributed by atoms with Crippen molar-refractivity contribution in [1.82, 2.24) is 14.4 Å². The molecule has 1 aromatic heterocycles. The Kier molecular flexibility index (Phi) is 8.93. The molecule has 1 fully saturated rings. The van der Waals surface area contributed by atoms with E-state index in [1.54, 1.807) is 26.2 Å². The summed E-state index contributed by atoms with van der Waals surface area (Å²) in [4.78, 5) is 44.3. The molecule has 194 valence electrons. The van der Waals surface area contributed by atoms with Crippen LogP contribution < -0.4 is 10.5 Å². The third kappa shape index (κ3) is 6.62. The average molecular weight is 495 g/mol. The molecule has 0 aliphatic carbocycles. The number of nitrogens with zero attached hydrogens (tertiary/aromatic N) is 4. The number of fused-ring (bicyclic) bond motifs is 1. The monoisotopic (exact) mass is 494 g/mol. The minimum absolute atomic E-state index is 0.0211. The summed E-state index contributed by atoms with van der Waals surface area (Å²) < 4.78 is 6.93. The van der Waals surface area contributed by atoms with Crippen LogP contribution in [0.2, 0.25) is 0 Å². The van der Waals surface area contributed by atoms with Crippen LogP contribution in [0, 0.1) is 0 Å². The summed E-state index contributed by atoms with van der Waals surface area (Å²) >= 11 is 0. The fourth-order valence-electron chi connectivity index (χ4n) is 5.02. The third-order valence-electron chi connectivity index (χ3n) is 7.12. The number of aryl methyl sites for hydroxylation is 1. The second kappa shape index (κ2) is 12.3. The highest BCUT2D eigenvalue weighted by atomic mass is 16.5. The van der Waals surface area contributed by atoms with Crippen LogP contribution in [0.15, 0.2) is 41.3 Å². The molecule has 8 heteroatoms. The Morgan fingerprint density at radius 3 is 2.36 bits per heavy atom. The van der Waals surface area contributed by atoms with E-state index in [4.69, 9.17) is 4.74 Å². The zero-order chi connectivity index (χ0) is 25.5.